The van der Waals surface area contributed by atoms with E-state index in [4.69, 9.17) is 11.6 Å². The first kappa shape index (κ1) is 21.1. The first-order valence-corrected chi connectivity index (χ1v) is 10.4. The van der Waals surface area contributed by atoms with E-state index in [1.807, 2.05) is 0 Å². The van der Waals surface area contributed by atoms with Crippen LogP contribution in [0.4, 0.5) is 16.0 Å². The standard InChI is InChI=1S/C22H22ClFN6O/c23-18-11-28-20(30-22(31)15-2-1-7-25-10-15)8-17(18)19-12-26-13-21(29-19)27-9-14-3-5-16(24)6-4-14/h3-6,8,11-13,15,25H,1-2,7,9-10H2,(H,27,29)(H,28,30,31)/t15-/m1/s1. The number of nitrogens with one attached hydrogen (secondary N) is 3. The second-order valence-corrected chi connectivity index (χ2v) is 7.76. The Morgan fingerprint density at radius 3 is 2.81 bits per heavy atom. The van der Waals surface area contributed by atoms with E-state index in [1.54, 1.807) is 30.6 Å². The van der Waals surface area contributed by atoms with E-state index in [0.717, 1.165) is 24.9 Å². The number of nitrogens with zero attached hydrogens (tertiary/aromatic N) is 3. The molecule has 0 radical (unpaired) electrons. The molecule has 0 bridgehead atoms. The smallest absolute Gasteiger partial charge is 0.229 e. The molecule has 31 heavy (non-hydrogen) atoms. The van der Waals surface area contributed by atoms with E-state index in [1.165, 1.54) is 18.3 Å². The van der Waals surface area contributed by atoms with E-state index in [0.29, 0.717) is 41.0 Å². The van der Waals surface area contributed by atoms with Crippen LogP contribution < -0.4 is 16.0 Å². The fourth-order valence-corrected chi connectivity index (χ4v) is 3.58. The number of pyridine rings is 1. The minimum atomic E-state index is -0.277. The third-order valence-corrected chi connectivity index (χ3v) is 5.37. The highest BCUT2D eigenvalue weighted by Crippen LogP contribution is 2.28. The van der Waals surface area contributed by atoms with Gasteiger partial charge in [-0.25, -0.2) is 14.4 Å². The lowest BCUT2D eigenvalue weighted by atomic mass is 9.99. The quantitative estimate of drug-likeness (QED) is 0.538. The van der Waals surface area contributed by atoms with Crippen LogP contribution in [0.1, 0.15) is 18.4 Å². The number of benzene rings is 1. The lowest BCUT2D eigenvalue weighted by Crippen LogP contribution is -2.37. The third kappa shape index (κ3) is 5.53. The Morgan fingerprint density at radius 1 is 1.19 bits per heavy atom. The van der Waals surface area contributed by atoms with Gasteiger partial charge >= 0.3 is 0 Å². The van der Waals surface area contributed by atoms with Crippen molar-refractivity contribution in [2.24, 2.45) is 5.92 Å². The highest BCUT2D eigenvalue weighted by atomic mass is 35.5. The number of rotatable bonds is 6. The average molecular weight is 441 g/mol. The molecule has 1 aliphatic rings. The Bertz CT molecular complexity index is 1060. The minimum absolute atomic E-state index is 0.0613. The lowest BCUT2D eigenvalue weighted by molar-refractivity contribution is -0.120. The van der Waals surface area contributed by atoms with Crippen molar-refractivity contribution in [1.29, 1.82) is 0 Å². The highest BCUT2D eigenvalue weighted by molar-refractivity contribution is 6.33. The van der Waals surface area contributed by atoms with Gasteiger partial charge in [-0.1, -0.05) is 23.7 Å². The number of anilines is 2. The van der Waals surface area contributed by atoms with Gasteiger partial charge in [-0.15, -0.1) is 0 Å². The minimum Gasteiger partial charge on any atom is -0.365 e. The van der Waals surface area contributed by atoms with Crippen molar-refractivity contribution in [2.45, 2.75) is 19.4 Å². The topological polar surface area (TPSA) is 91.8 Å². The largest absolute Gasteiger partial charge is 0.365 e. The summed E-state index contributed by atoms with van der Waals surface area (Å²) in [5.74, 6) is 0.553. The predicted octanol–water partition coefficient (Wildman–Crippen LogP) is 3.88. The molecule has 0 aliphatic carbocycles. The van der Waals surface area contributed by atoms with Gasteiger partial charge in [0.2, 0.25) is 5.91 Å². The molecule has 3 N–H and O–H groups in total. The van der Waals surface area contributed by atoms with Crippen LogP contribution in [0, 0.1) is 11.7 Å². The summed E-state index contributed by atoms with van der Waals surface area (Å²) in [6, 6.07) is 7.93. The van der Waals surface area contributed by atoms with Crippen molar-refractivity contribution >= 4 is 29.1 Å². The third-order valence-electron chi connectivity index (χ3n) is 5.07. The average Bonchev–Trinajstić information content (AvgIpc) is 2.81. The van der Waals surface area contributed by atoms with Crippen LogP contribution in [0.3, 0.4) is 0 Å². The second kappa shape index (κ2) is 9.80. The molecular weight excluding hydrogens is 419 g/mol. The number of hydrogen-bond acceptors (Lipinski definition) is 6. The van der Waals surface area contributed by atoms with Crippen molar-refractivity contribution in [3.8, 4) is 11.3 Å². The molecule has 1 atom stereocenters. The molecule has 1 saturated heterocycles. The summed E-state index contributed by atoms with van der Waals surface area (Å²) in [5, 5.41) is 9.68. The van der Waals surface area contributed by atoms with Crippen molar-refractivity contribution in [3.63, 3.8) is 0 Å². The van der Waals surface area contributed by atoms with Gasteiger partial charge < -0.3 is 16.0 Å². The molecule has 4 rings (SSSR count). The maximum Gasteiger partial charge on any atom is 0.229 e. The maximum absolute atomic E-state index is 13.1. The van der Waals surface area contributed by atoms with Crippen molar-refractivity contribution < 1.29 is 9.18 Å². The molecule has 160 valence electrons. The summed E-state index contributed by atoms with van der Waals surface area (Å²) in [5.41, 5.74) is 2.08. The fourth-order valence-electron chi connectivity index (χ4n) is 3.38. The summed E-state index contributed by atoms with van der Waals surface area (Å²) in [6.07, 6.45) is 6.52. The summed E-state index contributed by atoms with van der Waals surface area (Å²) in [4.78, 5) is 25.5. The Balaban J connectivity index is 1.48. The van der Waals surface area contributed by atoms with Crippen molar-refractivity contribution in [2.75, 3.05) is 23.7 Å². The second-order valence-electron chi connectivity index (χ2n) is 7.35. The maximum atomic E-state index is 13.1. The molecule has 1 fully saturated rings. The molecule has 7 nitrogen and oxygen atoms in total. The lowest BCUT2D eigenvalue weighted by Gasteiger charge is -2.21. The zero-order valence-electron chi connectivity index (χ0n) is 16.7. The molecule has 1 amide bonds. The fraction of sp³-hybridized carbons (Fsp3) is 0.273. The normalized spacial score (nSPS) is 16.0. The molecule has 3 heterocycles. The number of hydrogen-bond donors (Lipinski definition) is 3. The van der Waals surface area contributed by atoms with Crippen LogP contribution in [0.5, 0.6) is 0 Å². The summed E-state index contributed by atoms with van der Waals surface area (Å²) in [7, 11) is 0. The van der Waals surface area contributed by atoms with Gasteiger partial charge in [0.05, 0.1) is 29.0 Å². The van der Waals surface area contributed by atoms with Crippen molar-refractivity contribution in [1.82, 2.24) is 20.3 Å². The zero-order chi connectivity index (χ0) is 21.6. The molecule has 9 heteroatoms. The monoisotopic (exact) mass is 440 g/mol. The molecular formula is C22H22ClFN6O. The van der Waals surface area contributed by atoms with Crippen molar-refractivity contribution in [3.05, 3.63) is 65.3 Å². The van der Waals surface area contributed by atoms with Gasteiger partial charge in [-0.05, 0) is 43.1 Å². The van der Waals surface area contributed by atoms with Gasteiger partial charge in [-0.3, -0.25) is 9.78 Å². The van der Waals surface area contributed by atoms with E-state index in [2.05, 4.69) is 30.9 Å². The van der Waals surface area contributed by atoms with Crippen LogP contribution >= 0.6 is 11.6 Å². The SMILES string of the molecule is O=C(Nc1cc(-c2cncc(NCc3ccc(F)cc3)n2)c(Cl)cn1)[C@@H]1CCCNC1. The number of halogens is 2. The van der Waals surface area contributed by atoms with Gasteiger partial charge in [-0.2, -0.15) is 0 Å². The highest BCUT2D eigenvalue weighted by Gasteiger charge is 2.21. The van der Waals surface area contributed by atoms with E-state index in [9.17, 15) is 9.18 Å². The Labute approximate surface area is 184 Å². The van der Waals surface area contributed by atoms with Crippen LogP contribution in [0.25, 0.3) is 11.3 Å². The van der Waals surface area contributed by atoms with Gasteiger partial charge in [0.25, 0.3) is 0 Å². The number of piperidine rings is 1. The molecule has 1 aliphatic heterocycles. The molecule has 0 saturated carbocycles. The van der Waals surface area contributed by atoms with Crippen LogP contribution in [-0.4, -0.2) is 33.9 Å². The first-order chi connectivity index (χ1) is 15.1. The molecule has 0 unspecified atom stereocenters. The van der Waals surface area contributed by atoms with E-state index >= 15 is 0 Å². The molecule has 0 spiro atoms. The predicted molar refractivity (Wildman–Crippen MR) is 118 cm³/mol. The number of carbonyl (C=O) groups is 1. The number of carbonyl (C=O) groups excluding carboxylic acids is 1. The number of aromatic nitrogens is 3. The van der Waals surface area contributed by atoms with Gasteiger partial charge in [0.1, 0.15) is 17.5 Å². The number of amides is 1. The van der Waals surface area contributed by atoms with Gasteiger partial charge in [0, 0.05) is 24.8 Å². The van der Waals surface area contributed by atoms with Gasteiger partial charge in [0.15, 0.2) is 0 Å². The van der Waals surface area contributed by atoms with Crippen LogP contribution in [-0.2, 0) is 11.3 Å². The van der Waals surface area contributed by atoms with E-state index < -0.39 is 0 Å². The zero-order valence-corrected chi connectivity index (χ0v) is 17.5. The van der Waals surface area contributed by atoms with Crippen LogP contribution in [0.15, 0.2) is 48.9 Å². The Kier molecular flexibility index (Phi) is 6.69. The Morgan fingerprint density at radius 2 is 2.03 bits per heavy atom. The molecule has 3 aromatic rings. The molecule has 2 aromatic heterocycles. The summed E-state index contributed by atoms with van der Waals surface area (Å²) >= 11 is 6.35. The van der Waals surface area contributed by atoms with Crippen LogP contribution in [0.2, 0.25) is 5.02 Å². The van der Waals surface area contributed by atoms with E-state index in [-0.39, 0.29) is 17.6 Å². The molecule has 1 aromatic carbocycles. The first-order valence-electron chi connectivity index (χ1n) is 10.1. The summed E-state index contributed by atoms with van der Waals surface area (Å²) in [6.45, 7) is 2.08. The Hall–Kier alpha value is -3.10. The summed E-state index contributed by atoms with van der Waals surface area (Å²) < 4.78 is 13.1.